The van der Waals surface area contributed by atoms with Crippen LogP contribution in [-0.4, -0.2) is 123 Å². The molecule has 0 aliphatic carbocycles. The van der Waals surface area contributed by atoms with Gasteiger partial charge in [0.2, 0.25) is 0 Å². The minimum absolute atomic E-state index is 0.101. The average molecular weight is 774 g/mol. The molecule has 53 heavy (non-hydrogen) atoms. The van der Waals surface area contributed by atoms with Gasteiger partial charge in [-0.3, -0.25) is 10.1 Å². The van der Waals surface area contributed by atoms with Crippen LogP contribution in [0, 0.1) is 6.92 Å². The fourth-order valence-corrected chi connectivity index (χ4v) is 7.34. The summed E-state index contributed by atoms with van der Waals surface area (Å²) in [6.45, 7) is 19.5. The zero-order valence-corrected chi connectivity index (χ0v) is 33.9. The van der Waals surface area contributed by atoms with Crippen molar-refractivity contribution >= 4 is 44.3 Å². The van der Waals surface area contributed by atoms with E-state index in [1.165, 1.54) is 6.92 Å². The molecule has 5 N–H and O–H groups in total. The maximum Gasteiger partial charge on any atom is 0.500 e. The topological polar surface area (TPSA) is 202 Å². The van der Waals surface area contributed by atoms with Gasteiger partial charge >= 0.3 is 32.9 Å². The molecule has 5 amide bonds. The largest absolute Gasteiger partial charge is 0.500 e. The molecule has 1 rings (SSSR count). The van der Waals surface area contributed by atoms with Crippen LogP contribution in [0.5, 0.6) is 0 Å². The van der Waals surface area contributed by atoms with Crippen LogP contribution >= 0.6 is 0 Å². The second kappa shape index (κ2) is 27.1. The second-order valence-corrected chi connectivity index (χ2v) is 15.1. The summed E-state index contributed by atoms with van der Waals surface area (Å²) < 4.78 is 44.7. The molecule has 18 heteroatoms. The van der Waals surface area contributed by atoms with Crippen molar-refractivity contribution < 1.29 is 56.1 Å². The number of amides is 5. The van der Waals surface area contributed by atoms with Crippen LogP contribution in [0.3, 0.4) is 0 Å². The minimum Gasteiger partial charge on any atom is -0.459 e. The van der Waals surface area contributed by atoms with Gasteiger partial charge < -0.3 is 58.2 Å². The van der Waals surface area contributed by atoms with E-state index in [9.17, 15) is 19.2 Å². The van der Waals surface area contributed by atoms with Crippen LogP contribution in [0.25, 0.3) is 0 Å². The summed E-state index contributed by atoms with van der Waals surface area (Å²) in [4.78, 5) is 48.0. The molecule has 0 saturated heterocycles. The van der Waals surface area contributed by atoms with Gasteiger partial charge in [0.25, 0.3) is 0 Å². The van der Waals surface area contributed by atoms with E-state index in [0.717, 1.165) is 5.56 Å². The third-order valence-corrected chi connectivity index (χ3v) is 10.2. The first-order chi connectivity index (χ1) is 25.2. The highest BCUT2D eigenvalue weighted by atomic mass is 28.4. The maximum atomic E-state index is 12.6. The molecule has 0 saturated carbocycles. The second-order valence-electron chi connectivity index (χ2n) is 12.4. The Morgan fingerprint density at radius 3 is 1.98 bits per heavy atom. The number of aryl methyl sites for hydroxylation is 1. The monoisotopic (exact) mass is 773 g/mol. The number of ether oxygens (including phenoxy) is 5. The Morgan fingerprint density at radius 1 is 0.755 bits per heavy atom. The quantitative estimate of drug-likeness (QED) is 0.0475. The SMILES string of the molecule is CCO[Si](CCCNC(=O)NC(C)COC(C)COCCOCC(C)NC(=O)Nc1cc(NC(=O)OCC(C)OC(C)=O)ccc1C)(OCC)OCC. The van der Waals surface area contributed by atoms with Crippen LogP contribution < -0.4 is 26.6 Å². The van der Waals surface area contributed by atoms with Crippen molar-refractivity contribution in [1.82, 2.24) is 16.0 Å². The van der Waals surface area contributed by atoms with E-state index in [1.807, 2.05) is 48.5 Å². The molecule has 0 aliphatic rings. The van der Waals surface area contributed by atoms with Gasteiger partial charge in [0.15, 0.2) is 0 Å². The fourth-order valence-electron chi connectivity index (χ4n) is 4.73. The summed E-state index contributed by atoms with van der Waals surface area (Å²) in [5.74, 6) is -0.465. The molecule has 17 nitrogen and oxygen atoms in total. The standard InChI is InChI=1S/C35H63N5O12Si/c1-10-49-53(50-11-2,51-12-3)19-13-16-36-33(42)37-27(6)22-47-28(7)23-46-18-17-45-21-26(5)38-34(43)40-32-20-31(15-14-25(32)4)39-35(44)48-24-29(8)52-30(9)41/h14-15,20,26-29H,10-13,16-19,21-24H2,1-9H3,(H,39,44)(H2,36,37,42)(H2,38,40,43). The molecule has 4 atom stereocenters. The number of nitrogens with one attached hydrogen (secondary N) is 5. The maximum absolute atomic E-state index is 12.6. The molecular formula is C35H63N5O12Si. The molecule has 1 aromatic carbocycles. The average Bonchev–Trinajstić information content (AvgIpc) is 3.08. The van der Waals surface area contributed by atoms with Crippen molar-refractivity contribution in [3.05, 3.63) is 23.8 Å². The van der Waals surface area contributed by atoms with Gasteiger partial charge in [-0.25, -0.2) is 14.4 Å². The van der Waals surface area contributed by atoms with E-state index in [0.29, 0.717) is 76.6 Å². The van der Waals surface area contributed by atoms with Crippen LogP contribution in [-0.2, 0) is 41.8 Å². The lowest BCUT2D eigenvalue weighted by Crippen LogP contribution is -2.47. The minimum atomic E-state index is -2.73. The Hall–Kier alpha value is -3.52. The number of anilines is 2. The number of rotatable bonds is 27. The number of hydrogen-bond acceptors (Lipinski definition) is 12. The summed E-state index contributed by atoms with van der Waals surface area (Å²) in [5.41, 5.74) is 1.69. The van der Waals surface area contributed by atoms with Gasteiger partial charge in [-0.05, 0) is 79.5 Å². The number of carbonyl (C=O) groups is 4. The van der Waals surface area contributed by atoms with Crippen LogP contribution in [0.1, 0.15) is 67.4 Å². The van der Waals surface area contributed by atoms with Gasteiger partial charge in [0.1, 0.15) is 12.7 Å². The molecule has 0 spiro atoms. The number of esters is 1. The van der Waals surface area contributed by atoms with E-state index in [4.69, 9.17) is 37.0 Å². The third-order valence-electron chi connectivity index (χ3n) is 7.06. The van der Waals surface area contributed by atoms with Crippen molar-refractivity contribution in [3.63, 3.8) is 0 Å². The van der Waals surface area contributed by atoms with Gasteiger partial charge in [0, 0.05) is 50.7 Å². The van der Waals surface area contributed by atoms with Gasteiger partial charge in [-0.15, -0.1) is 0 Å². The van der Waals surface area contributed by atoms with Crippen molar-refractivity contribution in [3.8, 4) is 0 Å². The number of hydrogen-bond donors (Lipinski definition) is 5. The first kappa shape index (κ1) is 47.5. The Balaban J connectivity index is 2.24. The molecule has 0 aromatic heterocycles. The van der Waals surface area contributed by atoms with Crippen LogP contribution in [0.4, 0.5) is 25.8 Å². The van der Waals surface area contributed by atoms with Crippen molar-refractivity contribution in [2.24, 2.45) is 0 Å². The molecule has 4 unspecified atom stereocenters. The molecule has 0 bridgehead atoms. The fraction of sp³-hybridized carbons (Fsp3) is 0.714. The lowest BCUT2D eigenvalue weighted by molar-refractivity contribution is -0.147. The predicted octanol–water partition coefficient (Wildman–Crippen LogP) is 4.57. The summed E-state index contributed by atoms with van der Waals surface area (Å²) in [6, 6.07) is 4.43. The Bertz CT molecular complexity index is 1210. The van der Waals surface area contributed by atoms with E-state index in [1.54, 1.807) is 25.1 Å². The van der Waals surface area contributed by atoms with Crippen LogP contribution in [0.15, 0.2) is 18.2 Å². The first-order valence-electron chi connectivity index (χ1n) is 18.2. The van der Waals surface area contributed by atoms with E-state index in [2.05, 4.69) is 26.6 Å². The zero-order chi connectivity index (χ0) is 39.6. The van der Waals surface area contributed by atoms with E-state index in [-0.39, 0.29) is 37.4 Å². The first-order valence-corrected chi connectivity index (χ1v) is 20.2. The number of urea groups is 2. The Labute approximate surface area is 315 Å². The third kappa shape index (κ3) is 22.3. The van der Waals surface area contributed by atoms with Crippen molar-refractivity contribution in [1.29, 1.82) is 0 Å². The number of carbonyl (C=O) groups excluding carboxylic acids is 4. The zero-order valence-electron chi connectivity index (χ0n) is 32.9. The Morgan fingerprint density at radius 2 is 1.36 bits per heavy atom. The van der Waals surface area contributed by atoms with Crippen LogP contribution in [0.2, 0.25) is 6.04 Å². The number of benzene rings is 1. The van der Waals surface area contributed by atoms with E-state index >= 15 is 0 Å². The molecule has 0 heterocycles. The van der Waals surface area contributed by atoms with E-state index < -0.39 is 33.0 Å². The Kier molecular flexibility index (Phi) is 24.3. The summed E-state index contributed by atoms with van der Waals surface area (Å²) >= 11 is 0. The highest BCUT2D eigenvalue weighted by Crippen LogP contribution is 2.21. The van der Waals surface area contributed by atoms with Gasteiger partial charge in [0.05, 0.1) is 51.2 Å². The molecular weight excluding hydrogens is 710 g/mol. The van der Waals surface area contributed by atoms with Gasteiger partial charge in [-0.2, -0.15) is 0 Å². The summed E-state index contributed by atoms with van der Waals surface area (Å²) in [5, 5.41) is 13.9. The smallest absolute Gasteiger partial charge is 0.459 e. The van der Waals surface area contributed by atoms with Crippen molar-refractivity contribution in [2.75, 3.05) is 76.6 Å². The summed E-state index contributed by atoms with van der Waals surface area (Å²) in [7, 11) is -2.73. The highest BCUT2D eigenvalue weighted by molar-refractivity contribution is 6.60. The molecule has 0 fully saturated rings. The van der Waals surface area contributed by atoms with Crippen molar-refractivity contribution in [2.45, 2.75) is 99.1 Å². The highest BCUT2D eigenvalue weighted by Gasteiger charge is 2.39. The molecule has 0 aliphatic heterocycles. The lowest BCUT2D eigenvalue weighted by Gasteiger charge is -2.28. The lowest BCUT2D eigenvalue weighted by atomic mass is 10.2. The molecule has 304 valence electrons. The summed E-state index contributed by atoms with van der Waals surface area (Å²) in [6.07, 6.45) is -0.825. The molecule has 0 radical (unpaired) electrons. The normalized spacial score (nSPS) is 13.6. The predicted molar refractivity (Wildman–Crippen MR) is 202 cm³/mol. The molecule has 1 aromatic rings. The van der Waals surface area contributed by atoms with Gasteiger partial charge in [-0.1, -0.05) is 6.07 Å².